The second-order valence-corrected chi connectivity index (χ2v) is 4.53. The lowest BCUT2D eigenvalue weighted by Crippen LogP contribution is -2.21. The third-order valence-electron chi connectivity index (χ3n) is 2.95. The normalized spacial score (nSPS) is 24.6. The highest BCUT2D eigenvalue weighted by atomic mass is 35.5. The van der Waals surface area contributed by atoms with Crippen LogP contribution in [-0.4, -0.2) is 24.2 Å². The number of halogens is 1. The Bertz CT molecular complexity index is 372. The highest BCUT2D eigenvalue weighted by Crippen LogP contribution is 2.23. The Morgan fingerprint density at radius 1 is 1.69 bits per heavy atom. The molecule has 1 saturated heterocycles. The van der Waals surface area contributed by atoms with Crippen molar-refractivity contribution in [2.45, 2.75) is 19.4 Å². The molecule has 3 N–H and O–H groups in total. The first kappa shape index (κ1) is 11.5. The van der Waals surface area contributed by atoms with Crippen molar-refractivity contribution in [3.05, 3.63) is 17.3 Å². The van der Waals surface area contributed by atoms with Crippen LogP contribution < -0.4 is 11.1 Å². The van der Waals surface area contributed by atoms with Crippen molar-refractivity contribution in [1.29, 1.82) is 0 Å². The number of hydrogen-bond acceptors (Lipinski definition) is 4. The standard InChI is InChI=1S/C11H16ClN3O/c1-7-8(2-3-16-7)5-14-11-10(13)4-9(12)6-15-11/h4,6-8H,2-3,5,13H2,1H3,(H,14,15). The fourth-order valence-corrected chi connectivity index (χ4v) is 2.04. The van der Waals surface area contributed by atoms with Gasteiger partial charge in [0.2, 0.25) is 0 Å². The van der Waals surface area contributed by atoms with Crippen LogP contribution in [0.3, 0.4) is 0 Å². The molecule has 0 aromatic carbocycles. The van der Waals surface area contributed by atoms with Crippen LogP contribution in [0, 0.1) is 5.92 Å². The summed E-state index contributed by atoms with van der Waals surface area (Å²) in [7, 11) is 0. The van der Waals surface area contributed by atoms with Crippen LogP contribution in [0.25, 0.3) is 0 Å². The maximum atomic E-state index is 5.80. The molecule has 1 fully saturated rings. The Kier molecular flexibility index (Phi) is 3.51. The van der Waals surface area contributed by atoms with E-state index >= 15 is 0 Å². The SMILES string of the molecule is CC1OCCC1CNc1ncc(Cl)cc1N. The first-order valence-electron chi connectivity index (χ1n) is 5.43. The molecule has 2 unspecified atom stereocenters. The van der Waals surface area contributed by atoms with E-state index in [9.17, 15) is 0 Å². The van der Waals surface area contributed by atoms with Gasteiger partial charge in [-0.1, -0.05) is 11.6 Å². The minimum Gasteiger partial charge on any atom is -0.396 e. The van der Waals surface area contributed by atoms with Crippen LogP contribution in [0.15, 0.2) is 12.3 Å². The monoisotopic (exact) mass is 241 g/mol. The molecule has 2 rings (SSSR count). The summed E-state index contributed by atoms with van der Waals surface area (Å²) < 4.78 is 5.49. The minimum atomic E-state index is 0.307. The molecule has 16 heavy (non-hydrogen) atoms. The van der Waals surface area contributed by atoms with Gasteiger partial charge in [0, 0.05) is 25.3 Å². The van der Waals surface area contributed by atoms with Crippen molar-refractivity contribution in [1.82, 2.24) is 4.98 Å². The number of nitrogens with zero attached hydrogens (tertiary/aromatic N) is 1. The summed E-state index contributed by atoms with van der Waals surface area (Å²) in [6.45, 7) is 3.77. The van der Waals surface area contributed by atoms with Crippen LogP contribution in [0.2, 0.25) is 5.02 Å². The molecule has 4 nitrogen and oxygen atoms in total. The number of ether oxygens (including phenoxy) is 1. The molecule has 0 amide bonds. The molecule has 0 spiro atoms. The number of anilines is 2. The van der Waals surface area contributed by atoms with Crippen LogP contribution >= 0.6 is 11.6 Å². The van der Waals surface area contributed by atoms with Crippen molar-refractivity contribution in [3.63, 3.8) is 0 Å². The lowest BCUT2D eigenvalue weighted by atomic mass is 10.0. The predicted octanol–water partition coefficient (Wildman–Crippen LogP) is 2.15. The van der Waals surface area contributed by atoms with E-state index in [4.69, 9.17) is 22.1 Å². The summed E-state index contributed by atoms with van der Waals surface area (Å²) in [6.07, 6.45) is 2.98. The van der Waals surface area contributed by atoms with E-state index in [2.05, 4.69) is 17.2 Å². The molecule has 1 aromatic rings. The van der Waals surface area contributed by atoms with Gasteiger partial charge in [0.1, 0.15) is 5.82 Å². The Balaban J connectivity index is 1.94. The molecule has 1 aromatic heterocycles. The second kappa shape index (κ2) is 4.89. The maximum Gasteiger partial charge on any atom is 0.149 e. The molecule has 0 aliphatic carbocycles. The van der Waals surface area contributed by atoms with E-state index in [0.717, 1.165) is 19.6 Å². The molecule has 2 heterocycles. The number of hydrogen-bond donors (Lipinski definition) is 2. The summed E-state index contributed by atoms with van der Waals surface area (Å²) in [6, 6.07) is 1.70. The van der Waals surface area contributed by atoms with Crippen molar-refractivity contribution in [2.24, 2.45) is 5.92 Å². The van der Waals surface area contributed by atoms with Crippen molar-refractivity contribution in [3.8, 4) is 0 Å². The topological polar surface area (TPSA) is 60.2 Å². The van der Waals surface area contributed by atoms with Crippen molar-refractivity contribution < 1.29 is 4.74 Å². The molecule has 5 heteroatoms. The smallest absolute Gasteiger partial charge is 0.149 e. The molecular weight excluding hydrogens is 226 g/mol. The first-order valence-corrected chi connectivity index (χ1v) is 5.81. The number of aromatic nitrogens is 1. The van der Waals surface area contributed by atoms with E-state index in [1.807, 2.05) is 0 Å². The number of rotatable bonds is 3. The van der Waals surface area contributed by atoms with Gasteiger partial charge in [0.05, 0.1) is 16.8 Å². The van der Waals surface area contributed by atoms with Gasteiger partial charge in [-0.3, -0.25) is 0 Å². The van der Waals surface area contributed by atoms with Crippen LogP contribution in [0.1, 0.15) is 13.3 Å². The highest BCUT2D eigenvalue weighted by molar-refractivity contribution is 6.30. The number of nitrogens with two attached hydrogens (primary N) is 1. The van der Waals surface area contributed by atoms with Gasteiger partial charge in [-0.2, -0.15) is 0 Å². The summed E-state index contributed by atoms with van der Waals surface area (Å²) in [5.74, 6) is 1.22. The maximum absolute atomic E-state index is 5.80. The van der Waals surface area contributed by atoms with Gasteiger partial charge in [-0.05, 0) is 19.4 Å². The molecular formula is C11H16ClN3O. The lowest BCUT2D eigenvalue weighted by molar-refractivity contribution is 0.108. The zero-order valence-electron chi connectivity index (χ0n) is 9.24. The molecule has 0 radical (unpaired) electrons. The van der Waals surface area contributed by atoms with Gasteiger partial charge >= 0.3 is 0 Å². The third-order valence-corrected chi connectivity index (χ3v) is 3.16. The van der Waals surface area contributed by atoms with Gasteiger partial charge < -0.3 is 15.8 Å². The summed E-state index contributed by atoms with van der Waals surface area (Å²) >= 11 is 5.78. The van der Waals surface area contributed by atoms with Crippen molar-refractivity contribution >= 4 is 23.1 Å². The molecule has 0 saturated carbocycles. The zero-order chi connectivity index (χ0) is 11.5. The molecule has 1 aliphatic rings. The zero-order valence-corrected chi connectivity index (χ0v) is 10.00. The first-order chi connectivity index (χ1) is 7.66. The van der Waals surface area contributed by atoms with E-state index in [1.54, 1.807) is 12.3 Å². The lowest BCUT2D eigenvalue weighted by Gasteiger charge is -2.15. The Labute approximate surface area is 100 Å². The third kappa shape index (κ3) is 2.57. The Morgan fingerprint density at radius 2 is 2.50 bits per heavy atom. The average molecular weight is 242 g/mol. The van der Waals surface area contributed by atoms with E-state index in [1.165, 1.54) is 0 Å². The van der Waals surface area contributed by atoms with Crippen LogP contribution in [0.5, 0.6) is 0 Å². The highest BCUT2D eigenvalue weighted by Gasteiger charge is 2.23. The van der Waals surface area contributed by atoms with Gasteiger partial charge in [-0.25, -0.2) is 4.98 Å². The molecule has 1 aliphatic heterocycles. The molecule has 0 bridgehead atoms. The summed E-state index contributed by atoms with van der Waals surface area (Å²) in [4.78, 5) is 4.15. The largest absolute Gasteiger partial charge is 0.396 e. The van der Waals surface area contributed by atoms with Crippen LogP contribution in [0.4, 0.5) is 11.5 Å². The quantitative estimate of drug-likeness (QED) is 0.852. The molecule has 88 valence electrons. The fourth-order valence-electron chi connectivity index (χ4n) is 1.87. The molecule has 2 atom stereocenters. The van der Waals surface area contributed by atoms with Gasteiger partial charge in [0.15, 0.2) is 0 Å². The Hall–Kier alpha value is -1.00. The number of pyridine rings is 1. The van der Waals surface area contributed by atoms with Gasteiger partial charge in [0.25, 0.3) is 0 Å². The fraction of sp³-hybridized carbons (Fsp3) is 0.545. The number of nitrogen functional groups attached to an aromatic ring is 1. The summed E-state index contributed by atoms with van der Waals surface area (Å²) in [5.41, 5.74) is 6.38. The second-order valence-electron chi connectivity index (χ2n) is 4.10. The number of nitrogens with one attached hydrogen (secondary N) is 1. The summed E-state index contributed by atoms with van der Waals surface area (Å²) in [5, 5.41) is 3.79. The van der Waals surface area contributed by atoms with Crippen molar-refractivity contribution in [2.75, 3.05) is 24.2 Å². The van der Waals surface area contributed by atoms with Gasteiger partial charge in [-0.15, -0.1) is 0 Å². The predicted molar refractivity (Wildman–Crippen MR) is 65.7 cm³/mol. The van der Waals surface area contributed by atoms with Crippen LogP contribution in [-0.2, 0) is 4.74 Å². The average Bonchev–Trinajstić information content (AvgIpc) is 2.63. The Morgan fingerprint density at radius 3 is 3.12 bits per heavy atom. The van der Waals surface area contributed by atoms with E-state index < -0.39 is 0 Å². The minimum absolute atomic E-state index is 0.307. The van der Waals surface area contributed by atoms with E-state index in [0.29, 0.717) is 28.5 Å². The van der Waals surface area contributed by atoms with E-state index in [-0.39, 0.29) is 0 Å².